The lowest BCUT2D eigenvalue weighted by molar-refractivity contribution is 0.180. The molecule has 1 fully saturated rings. The van der Waals surface area contributed by atoms with E-state index in [1.807, 2.05) is 6.07 Å². The Bertz CT molecular complexity index is 731. The highest BCUT2D eigenvalue weighted by Crippen LogP contribution is 2.26. The molecule has 2 aromatic rings. The molecular formula is C18H21FN4O. The van der Waals surface area contributed by atoms with Gasteiger partial charge in [0.25, 0.3) is 0 Å². The van der Waals surface area contributed by atoms with Gasteiger partial charge in [-0.3, -0.25) is 4.90 Å². The van der Waals surface area contributed by atoms with Crippen molar-refractivity contribution in [1.29, 1.82) is 5.26 Å². The molecule has 6 heteroatoms. The molecule has 0 unspecified atom stereocenters. The molecule has 0 radical (unpaired) electrons. The van der Waals surface area contributed by atoms with Gasteiger partial charge in [0, 0.05) is 18.2 Å². The lowest BCUT2D eigenvalue weighted by atomic mass is 10.1. The molecule has 126 valence electrons. The summed E-state index contributed by atoms with van der Waals surface area (Å²) in [6.45, 7) is 5.05. The molecule has 1 aliphatic rings. The summed E-state index contributed by atoms with van der Waals surface area (Å²) in [5.41, 5.74) is 0.712. The van der Waals surface area contributed by atoms with E-state index >= 15 is 0 Å². The van der Waals surface area contributed by atoms with E-state index in [2.05, 4.69) is 22.1 Å². The van der Waals surface area contributed by atoms with Gasteiger partial charge in [-0.05, 0) is 51.1 Å². The van der Waals surface area contributed by atoms with Crippen LogP contribution in [0.3, 0.4) is 0 Å². The number of anilines is 1. The number of benzene rings is 1. The number of piperidine rings is 1. The summed E-state index contributed by atoms with van der Waals surface area (Å²) in [6, 6.07) is 8.37. The van der Waals surface area contributed by atoms with Crippen molar-refractivity contribution in [3.05, 3.63) is 35.8 Å². The molecule has 2 heterocycles. The fourth-order valence-electron chi connectivity index (χ4n) is 2.99. The van der Waals surface area contributed by atoms with Crippen molar-refractivity contribution in [3.8, 4) is 17.5 Å². The van der Waals surface area contributed by atoms with Crippen molar-refractivity contribution in [2.75, 3.05) is 25.0 Å². The quantitative estimate of drug-likeness (QED) is 0.908. The number of halogens is 1. The van der Waals surface area contributed by atoms with Crippen LogP contribution < -0.4 is 5.32 Å². The molecule has 1 N–H and O–H groups in total. The van der Waals surface area contributed by atoms with Gasteiger partial charge in [-0.25, -0.2) is 4.39 Å². The first-order chi connectivity index (χ1) is 11.7. The second kappa shape index (κ2) is 7.45. The fourth-order valence-corrected chi connectivity index (χ4v) is 2.99. The van der Waals surface area contributed by atoms with Crippen LogP contribution in [0, 0.1) is 17.1 Å². The lowest BCUT2D eigenvalue weighted by Gasteiger charge is -2.32. The zero-order valence-corrected chi connectivity index (χ0v) is 13.8. The summed E-state index contributed by atoms with van der Waals surface area (Å²) in [4.78, 5) is 6.60. The highest BCUT2D eigenvalue weighted by molar-refractivity contribution is 5.58. The van der Waals surface area contributed by atoms with Crippen molar-refractivity contribution >= 4 is 5.88 Å². The van der Waals surface area contributed by atoms with Gasteiger partial charge in [-0.15, -0.1) is 0 Å². The first-order valence-corrected chi connectivity index (χ1v) is 8.32. The maximum atomic E-state index is 13.3. The minimum absolute atomic E-state index is 0.195. The molecule has 0 bridgehead atoms. The normalized spacial score (nSPS) is 16.5. The van der Waals surface area contributed by atoms with E-state index < -0.39 is 0 Å². The Morgan fingerprint density at radius 1 is 1.38 bits per heavy atom. The molecule has 0 aliphatic carbocycles. The standard InChI is InChI=1S/C18H21FN4O/c1-13(23-8-3-2-4-9-23)12-21-18-16(11-20)22-17(24-18)14-6-5-7-15(19)10-14/h5-7,10,13,21H,2-4,8-9,12H2,1H3/t13-/m1/s1. The predicted molar refractivity (Wildman–Crippen MR) is 90.0 cm³/mol. The monoisotopic (exact) mass is 328 g/mol. The van der Waals surface area contributed by atoms with E-state index in [-0.39, 0.29) is 17.4 Å². The van der Waals surface area contributed by atoms with E-state index in [0.717, 1.165) is 13.1 Å². The summed E-state index contributed by atoms with van der Waals surface area (Å²) >= 11 is 0. The van der Waals surface area contributed by atoms with Crippen LogP contribution in [-0.2, 0) is 0 Å². The summed E-state index contributed by atoms with van der Waals surface area (Å²) in [5.74, 6) is 0.234. The average molecular weight is 328 g/mol. The fraction of sp³-hybridized carbons (Fsp3) is 0.444. The van der Waals surface area contributed by atoms with Gasteiger partial charge in [0.05, 0.1) is 0 Å². The Balaban J connectivity index is 1.70. The first kappa shape index (κ1) is 16.5. The number of oxazole rings is 1. The van der Waals surface area contributed by atoms with Gasteiger partial charge in [-0.2, -0.15) is 10.2 Å². The summed E-state index contributed by atoms with van der Waals surface area (Å²) in [6.07, 6.45) is 3.77. The molecule has 1 aliphatic heterocycles. The van der Waals surface area contributed by atoms with Gasteiger partial charge in [0.1, 0.15) is 11.9 Å². The molecule has 1 aromatic heterocycles. The molecule has 0 amide bonds. The van der Waals surface area contributed by atoms with E-state index in [1.165, 1.54) is 31.4 Å². The van der Waals surface area contributed by atoms with E-state index in [1.54, 1.807) is 12.1 Å². The molecule has 24 heavy (non-hydrogen) atoms. The second-order valence-electron chi connectivity index (χ2n) is 6.15. The zero-order valence-electron chi connectivity index (χ0n) is 13.8. The zero-order chi connectivity index (χ0) is 16.9. The van der Waals surface area contributed by atoms with Gasteiger partial charge < -0.3 is 9.73 Å². The van der Waals surface area contributed by atoms with E-state index in [0.29, 0.717) is 24.0 Å². The van der Waals surface area contributed by atoms with E-state index in [9.17, 15) is 9.65 Å². The second-order valence-corrected chi connectivity index (χ2v) is 6.15. The van der Waals surface area contributed by atoms with Crippen LogP contribution in [0.25, 0.3) is 11.5 Å². The van der Waals surface area contributed by atoms with Crippen LogP contribution in [0.4, 0.5) is 10.3 Å². The number of aromatic nitrogens is 1. The number of nitriles is 1. The van der Waals surface area contributed by atoms with Gasteiger partial charge in [0.15, 0.2) is 0 Å². The number of nitrogens with zero attached hydrogens (tertiary/aromatic N) is 3. The Labute approximate surface area is 141 Å². The van der Waals surface area contributed by atoms with Crippen LogP contribution >= 0.6 is 0 Å². The largest absolute Gasteiger partial charge is 0.419 e. The third kappa shape index (κ3) is 3.74. The Kier molecular flexibility index (Phi) is 5.11. The van der Waals surface area contributed by atoms with Gasteiger partial charge in [-0.1, -0.05) is 12.5 Å². The maximum Gasteiger partial charge on any atom is 0.232 e. The minimum atomic E-state index is -0.363. The van der Waals surface area contributed by atoms with Crippen molar-refractivity contribution in [2.45, 2.75) is 32.2 Å². The van der Waals surface area contributed by atoms with Crippen LogP contribution in [-0.4, -0.2) is 35.6 Å². The third-order valence-corrected chi connectivity index (χ3v) is 4.38. The Morgan fingerprint density at radius 3 is 2.88 bits per heavy atom. The van der Waals surface area contributed by atoms with Crippen molar-refractivity contribution < 1.29 is 8.81 Å². The first-order valence-electron chi connectivity index (χ1n) is 8.32. The SMILES string of the molecule is C[C@H](CNc1oc(-c2cccc(F)c2)nc1C#N)N1CCCCC1. The number of hydrogen-bond acceptors (Lipinski definition) is 5. The van der Waals surface area contributed by atoms with Gasteiger partial charge in [0.2, 0.25) is 17.5 Å². The number of hydrogen-bond donors (Lipinski definition) is 1. The number of nitrogens with one attached hydrogen (secondary N) is 1. The maximum absolute atomic E-state index is 13.3. The van der Waals surface area contributed by atoms with Crippen LogP contribution in [0.5, 0.6) is 0 Å². The van der Waals surface area contributed by atoms with Crippen molar-refractivity contribution in [1.82, 2.24) is 9.88 Å². The summed E-state index contributed by atoms with van der Waals surface area (Å²) < 4.78 is 19.0. The van der Waals surface area contributed by atoms with Gasteiger partial charge >= 0.3 is 0 Å². The summed E-state index contributed by atoms with van der Waals surface area (Å²) in [5, 5.41) is 12.4. The minimum Gasteiger partial charge on any atom is -0.419 e. The summed E-state index contributed by atoms with van der Waals surface area (Å²) in [7, 11) is 0. The molecule has 0 spiro atoms. The van der Waals surface area contributed by atoms with Crippen LogP contribution in [0.1, 0.15) is 31.9 Å². The predicted octanol–water partition coefficient (Wildman–Crippen LogP) is 3.64. The topological polar surface area (TPSA) is 65.1 Å². The molecule has 5 nitrogen and oxygen atoms in total. The highest BCUT2D eigenvalue weighted by Gasteiger charge is 2.19. The average Bonchev–Trinajstić information content (AvgIpc) is 3.04. The van der Waals surface area contributed by atoms with Crippen LogP contribution in [0.15, 0.2) is 28.7 Å². The smallest absolute Gasteiger partial charge is 0.232 e. The molecule has 1 saturated heterocycles. The molecular weight excluding hydrogens is 307 g/mol. The lowest BCUT2D eigenvalue weighted by Crippen LogP contribution is -2.41. The molecule has 0 saturated carbocycles. The third-order valence-electron chi connectivity index (χ3n) is 4.38. The highest BCUT2D eigenvalue weighted by atomic mass is 19.1. The van der Waals surface area contributed by atoms with E-state index in [4.69, 9.17) is 4.42 Å². The molecule has 3 rings (SSSR count). The number of rotatable bonds is 5. The molecule has 1 aromatic carbocycles. The Morgan fingerprint density at radius 2 is 2.17 bits per heavy atom. The van der Waals surface area contributed by atoms with Crippen LogP contribution in [0.2, 0.25) is 0 Å². The molecule has 1 atom stereocenters. The number of likely N-dealkylation sites (tertiary alicyclic amines) is 1. The van der Waals surface area contributed by atoms with Crippen molar-refractivity contribution in [3.63, 3.8) is 0 Å². The van der Waals surface area contributed by atoms with Crippen molar-refractivity contribution in [2.24, 2.45) is 0 Å². The Hall–Kier alpha value is -2.39.